The number of nitrogens with one attached hydrogen (secondary N) is 1. The molecule has 1 aliphatic rings. The molecule has 0 bridgehead atoms. The number of carbonyl (C=O) groups is 2. The van der Waals surface area contributed by atoms with Crippen molar-refractivity contribution in [3.05, 3.63) is 54.0 Å². The van der Waals surface area contributed by atoms with E-state index in [9.17, 15) is 9.59 Å². The average molecular weight is 298 g/mol. The minimum absolute atomic E-state index is 0.0132. The zero-order chi connectivity index (χ0) is 15.5. The number of benzene rings is 1. The molecule has 2 amide bonds. The van der Waals surface area contributed by atoms with Crippen LogP contribution in [0, 0.1) is 12.8 Å². The van der Waals surface area contributed by atoms with E-state index in [1.165, 1.54) is 0 Å². The van der Waals surface area contributed by atoms with Gasteiger partial charge in [-0.1, -0.05) is 12.1 Å². The van der Waals surface area contributed by atoms with Crippen molar-refractivity contribution in [1.29, 1.82) is 0 Å². The minimum atomic E-state index is -0.317. The molecule has 2 aromatic rings. The zero-order valence-electron chi connectivity index (χ0n) is 12.4. The number of rotatable bonds is 4. The van der Waals surface area contributed by atoms with Crippen molar-refractivity contribution >= 4 is 17.5 Å². The second kappa shape index (κ2) is 6.05. The number of nitrogens with zero attached hydrogens (tertiary/aromatic N) is 1. The van der Waals surface area contributed by atoms with Crippen molar-refractivity contribution < 1.29 is 14.0 Å². The summed E-state index contributed by atoms with van der Waals surface area (Å²) in [7, 11) is 0. The molecule has 0 unspecified atom stereocenters. The van der Waals surface area contributed by atoms with Gasteiger partial charge in [0.1, 0.15) is 5.76 Å². The lowest BCUT2D eigenvalue weighted by Crippen LogP contribution is -2.27. The van der Waals surface area contributed by atoms with E-state index in [1.807, 2.05) is 37.3 Å². The van der Waals surface area contributed by atoms with Crippen LogP contribution in [0.1, 0.15) is 17.7 Å². The highest BCUT2D eigenvalue weighted by atomic mass is 16.3. The summed E-state index contributed by atoms with van der Waals surface area (Å²) in [6.07, 6.45) is 1.83. The summed E-state index contributed by atoms with van der Waals surface area (Å²) >= 11 is 0. The number of hydrogen-bond acceptors (Lipinski definition) is 3. The van der Waals surface area contributed by atoms with Crippen LogP contribution in [0.5, 0.6) is 0 Å². The Bertz CT molecular complexity index is 679. The van der Waals surface area contributed by atoms with Gasteiger partial charge in [-0.2, -0.15) is 0 Å². The van der Waals surface area contributed by atoms with Gasteiger partial charge in [0.25, 0.3) is 0 Å². The summed E-state index contributed by atoms with van der Waals surface area (Å²) in [5, 5.41) is 2.88. The maximum atomic E-state index is 12.3. The lowest BCUT2D eigenvalue weighted by molar-refractivity contribution is -0.128. The van der Waals surface area contributed by atoms with Crippen LogP contribution in [-0.4, -0.2) is 23.3 Å². The molecule has 0 saturated carbocycles. The molecular formula is C17H18N2O3. The van der Waals surface area contributed by atoms with Crippen LogP contribution in [0.4, 0.5) is 5.69 Å². The number of furan rings is 1. The predicted molar refractivity (Wildman–Crippen MR) is 82.0 cm³/mol. The van der Waals surface area contributed by atoms with Crippen LogP contribution >= 0.6 is 0 Å². The van der Waals surface area contributed by atoms with Crippen molar-refractivity contribution in [3.63, 3.8) is 0 Å². The fourth-order valence-electron chi connectivity index (χ4n) is 2.66. The van der Waals surface area contributed by atoms with Gasteiger partial charge in [-0.05, 0) is 36.8 Å². The van der Waals surface area contributed by atoms with Crippen LogP contribution in [0.25, 0.3) is 0 Å². The molecular weight excluding hydrogens is 280 g/mol. The predicted octanol–water partition coefficient (Wildman–Crippen LogP) is 2.58. The van der Waals surface area contributed by atoms with E-state index >= 15 is 0 Å². The molecule has 1 aromatic carbocycles. The number of anilines is 1. The first-order chi connectivity index (χ1) is 10.6. The Labute approximate surface area is 128 Å². The third-order valence-electron chi connectivity index (χ3n) is 3.80. The standard InChI is InChI=1S/C17H18N2O3/c1-12-4-2-5-14(8-12)18-17(21)13-9-16(20)19(10-13)11-15-6-3-7-22-15/h2-8,13H,9-11H2,1H3,(H,18,21)/t13-/m0/s1. The highest BCUT2D eigenvalue weighted by molar-refractivity contribution is 5.97. The van der Waals surface area contributed by atoms with Gasteiger partial charge in [-0.3, -0.25) is 9.59 Å². The van der Waals surface area contributed by atoms with Crippen molar-refractivity contribution in [2.24, 2.45) is 5.92 Å². The van der Waals surface area contributed by atoms with E-state index in [4.69, 9.17) is 4.42 Å². The van der Waals surface area contributed by atoms with Crippen molar-refractivity contribution in [1.82, 2.24) is 4.90 Å². The summed E-state index contributed by atoms with van der Waals surface area (Å²) in [4.78, 5) is 26.0. The van der Waals surface area contributed by atoms with E-state index in [0.717, 1.165) is 17.0 Å². The maximum absolute atomic E-state index is 12.3. The molecule has 0 radical (unpaired) electrons. The smallest absolute Gasteiger partial charge is 0.229 e. The molecule has 5 nitrogen and oxygen atoms in total. The van der Waals surface area contributed by atoms with Crippen LogP contribution in [-0.2, 0) is 16.1 Å². The van der Waals surface area contributed by atoms with Gasteiger partial charge in [0.05, 0.1) is 18.7 Å². The fourth-order valence-corrected chi connectivity index (χ4v) is 2.66. The van der Waals surface area contributed by atoms with Gasteiger partial charge in [0.2, 0.25) is 11.8 Å². The SMILES string of the molecule is Cc1cccc(NC(=O)[C@H]2CC(=O)N(Cc3ccco3)C2)c1. The number of carbonyl (C=O) groups excluding carboxylic acids is 2. The molecule has 5 heteroatoms. The molecule has 0 aliphatic carbocycles. The summed E-state index contributed by atoms with van der Waals surface area (Å²) in [6, 6.07) is 11.2. The molecule has 114 valence electrons. The molecule has 1 aliphatic heterocycles. The van der Waals surface area contributed by atoms with Crippen molar-refractivity contribution in [2.75, 3.05) is 11.9 Å². The van der Waals surface area contributed by atoms with Crippen molar-refractivity contribution in [2.45, 2.75) is 19.9 Å². The van der Waals surface area contributed by atoms with E-state index < -0.39 is 0 Å². The lowest BCUT2D eigenvalue weighted by Gasteiger charge is -2.15. The second-order valence-electron chi connectivity index (χ2n) is 5.61. The van der Waals surface area contributed by atoms with Gasteiger partial charge in [-0.25, -0.2) is 0 Å². The summed E-state index contributed by atoms with van der Waals surface area (Å²) < 4.78 is 5.25. The molecule has 2 heterocycles. The molecule has 22 heavy (non-hydrogen) atoms. The first-order valence-corrected chi connectivity index (χ1v) is 7.29. The molecule has 3 rings (SSSR count). The number of likely N-dealkylation sites (tertiary alicyclic amines) is 1. The lowest BCUT2D eigenvalue weighted by atomic mass is 10.1. The van der Waals surface area contributed by atoms with E-state index in [-0.39, 0.29) is 24.2 Å². The topological polar surface area (TPSA) is 62.6 Å². The third-order valence-corrected chi connectivity index (χ3v) is 3.80. The number of aryl methyl sites for hydroxylation is 1. The molecule has 1 aromatic heterocycles. The molecule has 1 atom stereocenters. The summed E-state index contributed by atoms with van der Waals surface area (Å²) in [6.45, 7) is 2.82. The normalized spacial score (nSPS) is 17.8. The monoisotopic (exact) mass is 298 g/mol. The average Bonchev–Trinajstić information content (AvgIpc) is 3.10. The molecule has 1 fully saturated rings. The summed E-state index contributed by atoms with van der Waals surface area (Å²) in [5.41, 5.74) is 1.85. The van der Waals surface area contributed by atoms with Gasteiger partial charge >= 0.3 is 0 Å². The quantitative estimate of drug-likeness (QED) is 0.943. The Morgan fingerprint density at radius 2 is 2.23 bits per heavy atom. The first-order valence-electron chi connectivity index (χ1n) is 7.29. The van der Waals surface area contributed by atoms with Gasteiger partial charge < -0.3 is 14.6 Å². The minimum Gasteiger partial charge on any atom is -0.467 e. The van der Waals surface area contributed by atoms with Crippen LogP contribution in [0.2, 0.25) is 0 Å². The highest BCUT2D eigenvalue weighted by Gasteiger charge is 2.34. The Morgan fingerprint density at radius 1 is 1.36 bits per heavy atom. The van der Waals surface area contributed by atoms with Crippen LogP contribution < -0.4 is 5.32 Å². The zero-order valence-corrected chi connectivity index (χ0v) is 12.4. The van der Waals surface area contributed by atoms with E-state index in [1.54, 1.807) is 17.2 Å². The second-order valence-corrected chi connectivity index (χ2v) is 5.61. The Kier molecular flexibility index (Phi) is 3.96. The van der Waals surface area contributed by atoms with Crippen molar-refractivity contribution in [3.8, 4) is 0 Å². The first kappa shape index (κ1) is 14.4. The fraction of sp³-hybridized carbons (Fsp3) is 0.294. The van der Waals surface area contributed by atoms with Gasteiger partial charge in [0, 0.05) is 18.7 Å². The highest BCUT2D eigenvalue weighted by Crippen LogP contribution is 2.22. The maximum Gasteiger partial charge on any atom is 0.229 e. The van der Waals surface area contributed by atoms with Gasteiger partial charge in [0.15, 0.2) is 0 Å². The third kappa shape index (κ3) is 3.19. The largest absolute Gasteiger partial charge is 0.467 e. The van der Waals surface area contributed by atoms with E-state index in [0.29, 0.717) is 13.1 Å². The van der Waals surface area contributed by atoms with E-state index in [2.05, 4.69) is 5.32 Å². The molecule has 1 saturated heterocycles. The molecule has 0 spiro atoms. The number of amides is 2. The Hall–Kier alpha value is -2.56. The number of hydrogen-bond donors (Lipinski definition) is 1. The van der Waals surface area contributed by atoms with Crippen LogP contribution in [0.15, 0.2) is 47.1 Å². The summed E-state index contributed by atoms with van der Waals surface area (Å²) in [5.74, 6) is 0.290. The van der Waals surface area contributed by atoms with Gasteiger partial charge in [-0.15, -0.1) is 0 Å². The molecule has 1 N–H and O–H groups in total. The Balaban J connectivity index is 1.61. The van der Waals surface area contributed by atoms with Crippen LogP contribution in [0.3, 0.4) is 0 Å². The Morgan fingerprint density at radius 3 is 2.95 bits per heavy atom.